The number of rotatable bonds is 7. The fraction of sp³-hybridized carbons (Fsp3) is 0.182. The first-order valence-electron chi connectivity index (χ1n) is 8.76. The average Bonchev–Trinajstić information content (AvgIpc) is 2.70. The summed E-state index contributed by atoms with van der Waals surface area (Å²) in [5.41, 5.74) is 0. The van der Waals surface area contributed by atoms with Crippen LogP contribution in [0.4, 0.5) is 0 Å². The summed E-state index contributed by atoms with van der Waals surface area (Å²) < 4.78 is 13.4. The Morgan fingerprint density at radius 1 is 0.520 bits per heavy atom. The van der Waals surface area contributed by atoms with Gasteiger partial charge in [0.2, 0.25) is 0 Å². The maximum absolute atomic E-state index is 6.72. The van der Waals surface area contributed by atoms with E-state index in [0.717, 1.165) is 15.9 Å². The van der Waals surface area contributed by atoms with Gasteiger partial charge in [-0.25, -0.2) is 0 Å². The summed E-state index contributed by atoms with van der Waals surface area (Å²) in [7, 11) is -3.48. The zero-order valence-electron chi connectivity index (χ0n) is 14.8. The van der Waals surface area contributed by atoms with Gasteiger partial charge in [0.25, 0.3) is 0 Å². The third-order valence-electron chi connectivity index (χ3n) is 4.43. The molecule has 3 rings (SSSR count). The van der Waals surface area contributed by atoms with E-state index in [4.69, 9.17) is 9.05 Å². The molecule has 0 heterocycles. The molecule has 0 aliphatic rings. The first-order valence-corrected chi connectivity index (χ1v) is 10.8. The molecule has 0 aliphatic heterocycles. The van der Waals surface area contributed by atoms with Crippen LogP contribution in [0.1, 0.15) is 13.8 Å². The molecular formula is C22H25O2P. The van der Waals surface area contributed by atoms with E-state index in [1.165, 1.54) is 0 Å². The van der Waals surface area contributed by atoms with Crippen LogP contribution in [0.2, 0.25) is 0 Å². The zero-order valence-corrected chi connectivity index (χ0v) is 15.7. The predicted molar refractivity (Wildman–Crippen MR) is 108 cm³/mol. The Kier molecular flexibility index (Phi) is 5.34. The first kappa shape index (κ1) is 17.8. The third kappa shape index (κ3) is 2.81. The van der Waals surface area contributed by atoms with Crippen LogP contribution in [0.3, 0.4) is 0 Å². The van der Waals surface area contributed by atoms with Crippen molar-refractivity contribution < 1.29 is 9.05 Å². The minimum absolute atomic E-state index is 0.566. The van der Waals surface area contributed by atoms with Crippen molar-refractivity contribution >= 4 is 23.0 Å². The van der Waals surface area contributed by atoms with Crippen molar-refractivity contribution in [2.75, 3.05) is 13.2 Å². The molecule has 0 unspecified atom stereocenters. The van der Waals surface area contributed by atoms with E-state index in [9.17, 15) is 0 Å². The molecule has 0 radical (unpaired) electrons. The molecule has 0 saturated carbocycles. The van der Waals surface area contributed by atoms with Crippen molar-refractivity contribution in [2.45, 2.75) is 13.8 Å². The second-order valence-corrected chi connectivity index (χ2v) is 9.78. The zero-order chi connectivity index (χ0) is 17.6. The second-order valence-electron chi connectivity index (χ2n) is 5.80. The van der Waals surface area contributed by atoms with Gasteiger partial charge in [-0.3, -0.25) is 0 Å². The molecule has 0 N–H and O–H groups in total. The average molecular weight is 352 g/mol. The van der Waals surface area contributed by atoms with Crippen molar-refractivity contribution in [1.82, 2.24) is 0 Å². The van der Waals surface area contributed by atoms with Gasteiger partial charge in [-0.05, 0) is 0 Å². The van der Waals surface area contributed by atoms with E-state index in [1.807, 2.05) is 32.0 Å². The summed E-state index contributed by atoms with van der Waals surface area (Å²) >= 11 is 0. The van der Waals surface area contributed by atoms with Crippen LogP contribution >= 0.6 is 7.06 Å². The van der Waals surface area contributed by atoms with Crippen molar-refractivity contribution in [3.05, 3.63) is 91.0 Å². The van der Waals surface area contributed by atoms with Gasteiger partial charge in [0.05, 0.1) is 0 Å². The van der Waals surface area contributed by atoms with Crippen molar-refractivity contribution in [3.63, 3.8) is 0 Å². The van der Waals surface area contributed by atoms with Crippen LogP contribution in [0, 0.1) is 0 Å². The van der Waals surface area contributed by atoms with Crippen LogP contribution in [-0.2, 0) is 9.05 Å². The Hall–Kier alpha value is -1.99. The molecule has 2 nitrogen and oxygen atoms in total. The minimum atomic E-state index is -3.48. The monoisotopic (exact) mass is 352 g/mol. The normalized spacial score (nSPS) is 13.1. The van der Waals surface area contributed by atoms with E-state index in [2.05, 4.69) is 72.8 Å². The molecule has 0 saturated heterocycles. The Morgan fingerprint density at radius 3 is 1.04 bits per heavy atom. The fourth-order valence-electron chi connectivity index (χ4n) is 3.52. The predicted octanol–water partition coefficient (Wildman–Crippen LogP) is 4.42. The van der Waals surface area contributed by atoms with E-state index in [-0.39, 0.29) is 0 Å². The fourth-order valence-corrected chi connectivity index (χ4v) is 8.51. The summed E-state index contributed by atoms with van der Waals surface area (Å²) in [6.07, 6.45) is 0. The van der Waals surface area contributed by atoms with E-state index >= 15 is 0 Å². The standard InChI is InChI=1S/C22H25O2P/c1-3-23-25(24-4-2,20-14-8-5-9-15-20,21-16-10-6-11-17-21)22-18-12-7-13-19-22/h5-19H,3-4H2,1-2H3. The van der Waals surface area contributed by atoms with Crippen LogP contribution in [-0.4, -0.2) is 13.2 Å². The Labute approximate surface area is 150 Å². The topological polar surface area (TPSA) is 18.5 Å². The molecule has 3 aromatic carbocycles. The molecule has 130 valence electrons. The number of hydrogen-bond acceptors (Lipinski definition) is 2. The number of hydrogen-bond donors (Lipinski definition) is 0. The van der Waals surface area contributed by atoms with Gasteiger partial charge < -0.3 is 0 Å². The molecule has 0 amide bonds. The molecule has 0 aromatic heterocycles. The molecule has 25 heavy (non-hydrogen) atoms. The third-order valence-corrected chi connectivity index (χ3v) is 9.64. The van der Waals surface area contributed by atoms with E-state index in [1.54, 1.807) is 0 Å². The summed E-state index contributed by atoms with van der Waals surface area (Å²) in [6, 6.07) is 31.2. The van der Waals surface area contributed by atoms with Crippen LogP contribution in [0.5, 0.6) is 0 Å². The summed E-state index contributed by atoms with van der Waals surface area (Å²) in [6.45, 7) is 5.21. The molecule has 0 bridgehead atoms. The van der Waals surface area contributed by atoms with Crippen LogP contribution < -0.4 is 15.9 Å². The van der Waals surface area contributed by atoms with Gasteiger partial charge in [0, 0.05) is 0 Å². The van der Waals surface area contributed by atoms with Crippen LogP contribution in [0.25, 0.3) is 0 Å². The molecule has 0 aliphatic carbocycles. The van der Waals surface area contributed by atoms with E-state index in [0.29, 0.717) is 13.2 Å². The van der Waals surface area contributed by atoms with Crippen LogP contribution in [0.15, 0.2) is 91.0 Å². The van der Waals surface area contributed by atoms with Gasteiger partial charge in [-0.2, -0.15) is 0 Å². The van der Waals surface area contributed by atoms with Crippen molar-refractivity contribution in [1.29, 1.82) is 0 Å². The Bertz CT molecular complexity index is 679. The Morgan fingerprint density at radius 2 is 0.800 bits per heavy atom. The Balaban J connectivity index is 2.47. The van der Waals surface area contributed by atoms with Crippen molar-refractivity contribution in [2.24, 2.45) is 0 Å². The first-order chi connectivity index (χ1) is 12.3. The summed E-state index contributed by atoms with van der Waals surface area (Å²) in [5.74, 6) is 0. The van der Waals surface area contributed by atoms with Gasteiger partial charge in [0.15, 0.2) is 0 Å². The SMILES string of the molecule is CCOP(OCC)(c1ccccc1)(c1ccccc1)c1ccccc1. The number of benzene rings is 3. The van der Waals surface area contributed by atoms with Crippen molar-refractivity contribution in [3.8, 4) is 0 Å². The summed E-state index contributed by atoms with van der Waals surface area (Å²) in [5, 5.41) is 3.28. The van der Waals surface area contributed by atoms with Gasteiger partial charge in [0.1, 0.15) is 0 Å². The van der Waals surface area contributed by atoms with Gasteiger partial charge in [-0.15, -0.1) is 0 Å². The van der Waals surface area contributed by atoms with E-state index < -0.39 is 7.06 Å². The van der Waals surface area contributed by atoms with Gasteiger partial charge >= 0.3 is 150 Å². The van der Waals surface area contributed by atoms with Gasteiger partial charge in [-0.1, -0.05) is 0 Å². The second kappa shape index (κ2) is 7.49. The molecule has 0 spiro atoms. The molecule has 0 atom stereocenters. The maximum atomic E-state index is 6.72. The summed E-state index contributed by atoms with van der Waals surface area (Å²) in [4.78, 5) is 0. The molecule has 0 fully saturated rings. The molecule has 3 aromatic rings. The molecule has 3 heteroatoms. The quantitative estimate of drug-likeness (QED) is 0.586. The molecular weight excluding hydrogens is 327 g/mol.